The van der Waals surface area contributed by atoms with E-state index in [-0.39, 0.29) is 29.6 Å². The van der Waals surface area contributed by atoms with E-state index in [0.717, 1.165) is 10.5 Å². The number of carbonyl (C=O) groups excluding carboxylic acids is 2. The van der Waals surface area contributed by atoms with Crippen molar-refractivity contribution in [3.05, 3.63) is 64.2 Å². The van der Waals surface area contributed by atoms with Crippen molar-refractivity contribution in [3.63, 3.8) is 0 Å². The Kier molecular flexibility index (Phi) is 4.71. The second-order valence-corrected chi connectivity index (χ2v) is 6.44. The van der Waals surface area contributed by atoms with E-state index in [9.17, 15) is 19.7 Å². The van der Waals surface area contributed by atoms with Crippen LogP contribution in [0, 0.1) is 16.0 Å². The molecule has 2 amide bonds. The first-order valence-corrected chi connectivity index (χ1v) is 8.28. The highest BCUT2D eigenvalue weighted by Crippen LogP contribution is 2.35. The number of imide groups is 1. The van der Waals surface area contributed by atoms with Crippen LogP contribution in [0.3, 0.4) is 0 Å². The quantitative estimate of drug-likeness (QED) is 0.468. The first kappa shape index (κ1) is 17.6. The summed E-state index contributed by atoms with van der Waals surface area (Å²) in [6, 6.07) is 14.1. The number of hydrogen-bond acceptors (Lipinski definition) is 5. The summed E-state index contributed by atoms with van der Waals surface area (Å²) < 4.78 is 0. The fourth-order valence-corrected chi connectivity index (χ4v) is 3.12. The molecule has 0 unspecified atom stereocenters. The molecule has 1 fully saturated rings. The summed E-state index contributed by atoms with van der Waals surface area (Å²) in [4.78, 5) is 38.1. The molecule has 0 spiro atoms. The van der Waals surface area contributed by atoms with Crippen molar-refractivity contribution in [1.29, 1.82) is 0 Å². The second-order valence-electron chi connectivity index (χ2n) is 6.44. The molecule has 2 aromatic rings. The van der Waals surface area contributed by atoms with Gasteiger partial charge in [0.2, 0.25) is 11.8 Å². The van der Waals surface area contributed by atoms with Gasteiger partial charge in [-0.3, -0.25) is 24.6 Å². The van der Waals surface area contributed by atoms with Gasteiger partial charge in [0.05, 0.1) is 10.6 Å². The van der Waals surface area contributed by atoms with Crippen molar-refractivity contribution in [1.82, 2.24) is 0 Å². The van der Waals surface area contributed by atoms with Crippen LogP contribution < -0.4 is 9.80 Å². The Morgan fingerprint density at radius 2 is 1.88 bits per heavy atom. The third kappa shape index (κ3) is 3.28. The van der Waals surface area contributed by atoms with Crippen molar-refractivity contribution in [2.75, 3.05) is 16.8 Å². The smallest absolute Gasteiger partial charge is 0.294 e. The average Bonchev–Trinajstić information content (AvgIpc) is 2.87. The van der Waals surface area contributed by atoms with Crippen molar-refractivity contribution >= 4 is 28.9 Å². The number of rotatable bonds is 5. The first-order valence-electron chi connectivity index (χ1n) is 8.28. The van der Waals surface area contributed by atoms with E-state index in [2.05, 4.69) is 0 Å². The Morgan fingerprint density at radius 3 is 2.46 bits per heavy atom. The van der Waals surface area contributed by atoms with Crippen LogP contribution in [0.4, 0.5) is 17.1 Å². The summed E-state index contributed by atoms with van der Waals surface area (Å²) in [5.41, 5.74) is 1.55. The lowest BCUT2D eigenvalue weighted by Crippen LogP contribution is -2.30. The van der Waals surface area contributed by atoms with Crippen LogP contribution in [0.25, 0.3) is 0 Å². The van der Waals surface area contributed by atoms with Gasteiger partial charge < -0.3 is 4.90 Å². The summed E-state index contributed by atoms with van der Waals surface area (Å²) in [6.45, 7) is 2.18. The minimum atomic E-state index is -0.491. The molecule has 7 heteroatoms. The molecule has 1 aliphatic heterocycles. The lowest BCUT2D eigenvalue weighted by atomic mass is 10.1. The summed E-state index contributed by atoms with van der Waals surface area (Å²) in [7, 11) is 1.77. The van der Waals surface area contributed by atoms with E-state index in [1.165, 1.54) is 6.07 Å². The SMILES string of the molecule is C[C@H]1CC(=O)N(c2ccc(N(C)Cc3ccccc3)c([N+](=O)[O-])c2)C1=O. The fourth-order valence-electron chi connectivity index (χ4n) is 3.12. The number of carbonyl (C=O) groups is 2. The topological polar surface area (TPSA) is 83.8 Å². The molecular weight excluding hydrogens is 334 g/mol. The van der Waals surface area contributed by atoms with Crippen LogP contribution in [0.2, 0.25) is 0 Å². The molecule has 1 saturated heterocycles. The maximum absolute atomic E-state index is 12.2. The Hall–Kier alpha value is -3.22. The number of nitro groups is 1. The van der Waals surface area contributed by atoms with Gasteiger partial charge in [0.1, 0.15) is 5.69 Å². The highest BCUT2D eigenvalue weighted by atomic mass is 16.6. The van der Waals surface area contributed by atoms with E-state index in [1.54, 1.807) is 31.0 Å². The molecule has 0 N–H and O–H groups in total. The summed E-state index contributed by atoms with van der Waals surface area (Å²) in [6.07, 6.45) is 0.127. The first-order chi connectivity index (χ1) is 12.4. The predicted octanol–water partition coefficient (Wildman–Crippen LogP) is 3.13. The van der Waals surface area contributed by atoms with Gasteiger partial charge in [0, 0.05) is 32.0 Å². The van der Waals surface area contributed by atoms with E-state index in [4.69, 9.17) is 0 Å². The Labute approximate surface area is 151 Å². The molecule has 1 atom stereocenters. The number of benzene rings is 2. The third-order valence-electron chi connectivity index (χ3n) is 4.46. The number of nitrogens with zero attached hydrogens (tertiary/aromatic N) is 3. The molecule has 0 radical (unpaired) electrons. The lowest BCUT2D eigenvalue weighted by molar-refractivity contribution is -0.384. The maximum Gasteiger partial charge on any atom is 0.294 e. The molecule has 7 nitrogen and oxygen atoms in total. The molecule has 26 heavy (non-hydrogen) atoms. The standard InChI is InChI=1S/C19H19N3O4/c1-13-10-18(23)21(19(13)24)15-8-9-16(17(11-15)22(25)26)20(2)12-14-6-4-3-5-7-14/h3-9,11,13H,10,12H2,1-2H3/t13-/m0/s1. The van der Waals surface area contributed by atoms with Gasteiger partial charge in [-0.1, -0.05) is 37.3 Å². The Bertz CT molecular complexity index is 866. The maximum atomic E-state index is 12.2. The zero-order chi connectivity index (χ0) is 18.8. The van der Waals surface area contributed by atoms with E-state index in [0.29, 0.717) is 12.2 Å². The van der Waals surface area contributed by atoms with Gasteiger partial charge in [-0.05, 0) is 17.7 Å². The molecular formula is C19H19N3O4. The van der Waals surface area contributed by atoms with Gasteiger partial charge in [0.25, 0.3) is 5.69 Å². The van der Waals surface area contributed by atoms with Crippen molar-refractivity contribution in [3.8, 4) is 0 Å². The minimum absolute atomic E-state index is 0.127. The minimum Gasteiger partial charge on any atom is -0.365 e. The summed E-state index contributed by atoms with van der Waals surface area (Å²) >= 11 is 0. The Balaban J connectivity index is 1.94. The lowest BCUT2D eigenvalue weighted by Gasteiger charge is -2.21. The zero-order valence-corrected chi connectivity index (χ0v) is 14.6. The van der Waals surface area contributed by atoms with Crippen LogP contribution in [-0.4, -0.2) is 23.8 Å². The van der Waals surface area contributed by atoms with Gasteiger partial charge in [0.15, 0.2) is 0 Å². The van der Waals surface area contributed by atoms with E-state index < -0.39 is 10.8 Å². The number of amides is 2. The van der Waals surface area contributed by atoms with Crippen LogP contribution in [0.5, 0.6) is 0 Å². The number of hydrogen-bond donors (Lipinski definition) is 0. The largest absolute Gasteiger partial charge is 0.365 e. The van der Waals surface area contributed by atoms with Crippen molar-refractivity contribution < 1.29 is 14.5 Å². The predicted molar refractivity (Wildman–Crippen MR) is 97.9 cm³/mol. The average molecular weight is 353 g/mol. The highest BCUT2D eigenvalue weighted by molar-refractivity contribution is 6.21. The molecule has 1 aliphatic rings. The van der Waals surface area contributed by atoms with Crippen LogP contribution >= 0.6 is 0 Å². The normalized spacial score (nSPS) is 16.8. The monoisotopic (exact) mass is 353 g/mol. The van der Waals surface area contributed by atoms with E-state index in [1.807, 2.05) is 30.3 Å². The molecule has 1 heterocycles. The van der Waals surface area contributed by atoms with Crippen LogP contribution in [0.15, 0.2) is 48.5 Å². The van der Waals surface area contributed by atoms with E-state index >= 15 is 0 Å². The zero-order valence-electron chi connectivity index (χ0n) is 14.6. The molecule has 0 aromatic heterocycles. The molecule has 0 saturated carbocycles. The van der Waals surface area contributed by atoms with Gasteiger partial charge in [-0.2, -0.15) is 0 Å². The molecule has 3 rings (SSSR count). The van der Waals surface area contributed by atoms with Gasteiger partial charge in [-0.25, -0.2) is 0 Å². The number of nitro benzene ring substituents is 1. The molecule has 0 aliphatic carbocycles. The second kappa shape index (κ2) is 6.95. The van der Waals surface area contributed by atoms with Gasteiger partial charge >= 0.3 is 0 Å². The van der Waals surface area contributed by atoms with Gasteiger partial charge in [-0.15, -0.1) is 0 Å². The molecule has 2 aromatic carbocycles. The van der Waals surface area contributed by atoms with Crippen LogP contribution in [-0.2, 0) is 16.1 Å². The van der Waals surface area contributed by atoms with Crippen molar-refractivity contribution in [2.45, 2.75) is 19.9 Å². The molecule has 134 valence electrons. The summed E-state index contributed by atoms with van der Waals surface area (Å²) in [5, 5.41) is 11.6. The number of anilines is 2. The third-order valence-corrected chi connectivity index (χ3v) is 4.46. The summed E-state index contributed by atoms with van der Waals surface area (Å²) in [5.74, 6) is -1.06. The van der Waals surface area contributed by atoms with Crippen LogP contribution in [0.1, 0.15) is 18.9 Å². The highest BCUT2D eigenvalue weighted by Gasteiger charge is 2.37. The van der Waals surface area contributed by atoms with Crippen molar-refractivity contribution in [2.24, 2.45) is 5.92 Å². The molecule has 0 bridgehead atoms. The fraction of sp³-hybridized carbons (Fsp3) is 0.263. The Morgan fingerprint density at radius 1 is 1.19 bits per heavy atom.